The molecule has 82 valence electrons. The van der Waals surface area contributed by atoms with Gasteiger partial charge in [-0.2, -0.15) is 0 Å². The predicted octanol–water partition coefficient (Wildman–Crippen LogP) is 1.98. The number of hydrogen-bond acceptors (Lipinski definition) is 5. The number of rotatable bonds is 3. The summed E-state index contributed by atoms with van der Waals surface area (Å²) in [4.78, 5) is 25.1. The van der Waals surface area contributed by atoms with Crippen LogP contribution in [0.2, 0.25) is 0 Å². The normalized spacial score (nSPS) is 10.4. The highest BCUT2D eigenvalue weighted by molar-refractivity contribution is 7.11. The Labute approximate surface area is 97.4 Å². The minimum Gasteiger partial charge on any atom is -0.292 e. The summed E-state index contributed by atoms with van der Waals surface area (Å²) in [7, 11) is 0. The van der Waals surface area contributed by atoms with E-state index in [0.717, 1.165) is 15.6 Å². The largest absolute Gasteiger partial charge is 0.292 e. The Morgan fingerprint density at radius 2 is 2.19 bits per heavy atom. The molecule has 0 spiro atoms. The Morgan fingerprint density at radius 3 is 2.75 bits per heavy atom. The molecule has 0 saturated heterocycles. The van der Waals surface area contributed by atoms with E-state index in [1.165, 1.54) is 12.4 Å². The molecule has 2 aromatic heterocycles. The Kier molecular flexibility index (Phi) is 3.05. The Morgan fingerprint density at radius 1 is 1.38 bits per heavy atom. The molecule has 0 unspecified atom stereocenters. The van der Waals surface area contributed by atoms with E-state index in [4.69, 9.17) is 0 Å². The van der Waals surface area contributed by atoms with Crippen LogP contribution >= 0.6 is 11.3 Å². The summed E-state index contributed by atoms with van der Waals surface area (Å²) in [6.45, 7) is 3.95. The first kappa shape index (κ1) is 10.9. The minimum absolute atomic E-state index is 0.0400. The molecule has 0 radical (unpaired) electrons. The summed E-state index contributed by atoms with van der Waals surface area (Å²) in [6.07, 6.45) is 4.85. The van der Waals surface area contributed by atoms with Gasteiger partial charge >= 0.3 is 0 Å². The predicted molar refractivity (Wildman–Crippen MR) is 61.7 cm³/mol. The molecule has 0 fully saturated rings. The average molecular weight is 233 g/mol. The lowest BCUT2D eigenvalue weighted by molar-refractivity contribution is 0.0988. The van der Waals surface area contributed by atoms with Crippen LogP contribution in [0, 0.1) is 13.8 Å². The lowest BCUT2D eigenvalue weighted by Gasteiger charge is -1.95. The minimum atomic E-state index is -0.0400. The number of ketones is 1. The van der Waals surface area contributed by atoms with Crippen molar-refractivity contribution in [1.82, 2.24) is 15.0 Å². The summed E-state index contributed by atoms with van der Waals surface area (Å²) >= 11 is 1.56. The zero-order chi connectivity index (χ0) is 11.5. The van der Waals surface area contributed by atoms with E-state index in [1.54, 1.807) is 17.5 Å². The molecule has 0 aliphatic rings. The second kappa shape index (κ2) is 4.49. The molecule has 0 amide bonds. The maximum atomic E-state index is 11.8. The third-order valence-electron chi connectivity index (χ3n) is 2.23. The van der Waals surface area contributed by atoms with E-state index < -0.39 is 0 Å². The number of aryl methyl sites for hydroxylation is 2. The van der Waals surface area contributed by atoms with Gasteiger partial charge in [0.05, 0.1) is 18.3 Å². The van der Waals surface area contributed by atoms with Gasteiger partial charge in [0, 0.05) is 17.3 Å². The third-order valence-corrected chi connectivity index (χ3v) is 3.31. The highest BCUT2D eigenvalue weighted by atomic mass is 32.1. The zero-order valence-electron chi connectivity index (χ0n) is 9.10. The fourth-order valence-corrected chi connectivity index (χ4v) is 2.22. The highest BCUT2D eigenvalue weighted by Gasteiger charge is 2.12. The van der Waals surface area contributed by atoms with Crippen molar-refractivity contribution in [2.75, 3.05) is 0 Å². The SMILES string of the molecule is Cc1nc(CC(=O)c2cnccn2)sc1C. The first-order chi connectivity index (χ1) is 7.66. The van der Waals surface area contributed by atoms with Gasteiger partial charge in [0.25, 0.3) is 0 Å². The average Bonchev–Trinajstić information content (AvgIpc) is 2.59. The third kappa shape index (κ3) is 2.30. The van der Waals surface area contributed by atoms with Crippen molar-refractivity contribution in [1.29, 1.82) is 0 Å². The Hall–Kier alpha value is -1.62. The summed E-state index contributed by atoms with van der Waals surface area (Å²) in [5, 5.41) is 0.839. The standard InChI is InChI=1S/C11H11N3OS/c1-7-8(2)16-11(14-7)5-10(15)9-6-12-3-4-13-9/h3-4,6H,5H2,1-2H3. The van der Waals surface area contributed by atoms with Gasteiger partial charge in [-0.15, -0.1) is 11.3 Å². The molecule has 0 N–H and O–H groups in total. The molecule has 16 heavy (non-hydrogen) atoms. The van der Waals surface area contributed by atoms with E-state index in [1.807, 2.05) is 13.8 Å². The molecule has 2 heterocycles. The van der Waals surface area contributed by atoms with Crippen LogP contribution < -0.4 is 0 Å². The summed E-state index contributed by atoms with van der Waals surface area (Å²) < 4.78 is 0. The van der Waals surface area contributed by atoms with Crippen LogP contribution in [0.3, 0.4) is 0 Å². The molecule has 0 atom stereocenters. The first-order valence-electron chi connectivity index (χ1n) is 4.89. The second-order valence-corrected chi connectivity index (χ2v) is 4.73. The first-order valence-corrected chi connectivity index (χ1v) is 5.70. The summed E-state index contributed by atoms with van der Waals surface area (Å²) in [5.41, 5.74) is 1.39. The molecule has 0 saturated carbocycles. The van der Waals surface area contributed by atoms with Crippen LogP contribution in [0.4, 0.5) is 0 Å². The van der Waals surface area contributed by atoms with Crippen molar-refractivity contribution in [3.8, 4) is 0 Å². The van der Waals surface area contributed by atoms with Crippen molar-refractivity contribution in [3.05, 3.63) is 39.9 Å². The molecule has 5 heteroatoms. The van der Waals surface area contributed by atoms with Gasteiger partial charge in [-0.3, -0.25) is 9.78 Å². The maximum absolute atomic E-state index is 11.8. The van der Waals surface area contributed by atoms with Crippen molar-refractivity contribution in [3.63, 3.8) is 0 Å². The smallest absolute Gasteiger partial charge is 0.189 e. The highest BCUT2D eigenvalue weighted by Crippen LogP contribution is 2.17. The number of hydrogen-bond donors (Lipinski definition) is 0. The van der Waals surface area contributed by atoms with E-state index >= 15 is 0 Å². The van der Waals surface area contributed by atoms with Gasteiger partial charge < -0.3 is 0 Å². The number of carbonyl (C=O) groups excluding carboxylic acids is 1. The molecule has 4 nitrogen and oxygen atoms in total. The zero-order valence-corrected chi connectivity index (χ0v) is 9.91. The van der Waals surface area contributed by atoms with Crippen LogP contribution in [0.1, 0.15) is 26.1 Å². The monoisotopic (exact) mass is 233 g/mol. The van der Waals surface area contributed by atoms with E-state index in [2.05, 4.69) is 15.0 Å². The van der Waals surface area contributed by atoms with Crippen LogP contribution in [-0.4, -0.2) is 20.7 Å². The molecule has 2 rings (SSSR count). The van der Waals surface area contributed by atoms with E-state index in [-0.39, 0.29) is 5.78 Å². The van der Waals surface area contributed by atoms with Gasteiger partial charge in [-0.05, 0) is 13.8 Å². The van der Waals surface area contributed by atoms with Gasteiger partial charge in [-0.25, -0.2) is 9.97 Å². The fourth-order valence-electron chi connectivity index (χ4n) is 1.29. The van der Waals surface area contributed by atoms with Crippen molar-refractivity contribution in [2.24, 2.45) is 0 Å². The van der Waals surface area contributed by atoms with Gasteiger partial charge in [0.15, 0.2) is 5.78 Å². The molecule has 0 bridgehead atoms. The number of Topliss-reactive ketones (excluding diaryl/α,β-unsaturated/α-hetero) is 1. The summed E-state index contributed by atoms with van der Waals surface area (Å²) in [5.74, 6) is -0.0400. The van der Waals surface area contributed by atoms with E-state index in [0.29, 0.717) is 12.1 Å². The lowest BCUT2D eigenvalue weighted by Crippen LogP contribution is -2.05. The Balaban J connectivity index is 2.14. The van der Waals surface area contributed by atoms with Gasteiger partial charge in [-0.1, -0.05) is 0 Å². The number of nitrogens with zero attached hydrogens (tertiary/aromatic N) is 3. The Bertz CT molecular complexity index is 488. The van der Waals surface area contributed by atoms with Gasteiger partial charge in [0.1, 0.15) is 10.7 Å². The van der Waals surface area contributed by atoms with Crippen LogP contribution in [0.25, 0.3) is 0 Å². The van der Waals surface area contributed by atoms with Crippen molar-refractivity contribution >= 4 is 17.1 Å². The molecule has 0 aliphatic carbocycles. The number of thiazole rings is 1. The number of aromatic nitrogens is 3. The van der Waals surface area contributed by atoms with Gasteiger partial charge in [0.2, 0.25) is 0 Å². The number of carbonyl (C=O) groups is 1. The molecule has 0 aliphatic heterocycles. The summed E-state index contributed by atoms with van der Waals surface area (Å²) in [6, 6.07) is 0. The lowest BCUT2D eigenvalue weighted by atomic mass is 10.2. The molecular formula is C11H11N3OS. The van der Waals surface area contributed by atoms with E-state index in [9.17, 15) is 4.79 Å². The topological polar surface area (TPSA) is 55.7 Å². The van der Waals surface area contributed by atoms with Crippen LogP contribution in [0.5, 0.6) is 0 Å². The van der Waals surface area contributed by atoms with Crippen LogP contribution in [0.15, 0.2) is 18.6 Å². The van der Waals surface area contributed by atoms with Crippen molar-refractivity contribution < 1.29 is 4.79 Å². The maximum Gasteiger partial charge on any atom is 0.189 e. The molecule has 2 aromatic rings. The fraction of sp³-hybridized carbons (Fsp3) is 0.273. The molecular weight excluding hydrogens is 222 g/mol. The van der Waals surface area contributed by atoms with Crippen LogP contribution in [-0.2, 0) is 6.42 Å². The molecule has 0 aromatic carbocycles. The second-order valence-electron chi connectivity index (χ2n) is 3.44. The quantitative estimate of drug-likeness (QED) is 0.761. The van der Waals surface area contributed by atoms with Crippen molar-refractivity contribution in [2.45, 2.75) is 20.3 Å².